The Bertz CT molecular complexity index is 211. The summed E-state index contributed by atoms with van der Waals surface area (Å²) in [7, 11) is 0. The summed E-state index contributed by atoms with van der Waals surface area (Å²) >= 11 is 0. The van der Waals surface area contributed by atoms with Gasteiger partial charge in [0.1, 0.15) is 0 Å². The van der Waals surface area contributed by atoms with Crippen molar-refractivity contribution in [3.63, 3.8) is 0 Å². The second-order valence-corrected chi connectivity index (χ2v) is 4.02. The number of ether oxygens (including phenoxy) is 1. The fraction of sp³-hybridized carbons (Fsp3) is 0.909. The predicted molar refractivity (Wildman–Crippen MR) is 61.3 cm³/mol. The van der Waals surface area contributed by atoms with E-state index in [4.69, 9.17) is 9.84 Å². The number of hydrogen-bond donors (Lipinski definition) is 2. The van der Waals surface area contributed by atoms with Crippen molar-refractivity contribution in [1.29, 1.82) is 0 Å². The fourth-order valence-electron chi connectivity index (χ4n) is 1.91. The van der Waals surface area contributed by atoms with Crippen LogP contribution >= 0.6 is 0 Å². The van der Waals surface area contributed by atoms with Gasteiger partial charge in [0.25, 0.3) is 0 Å². The maximum absolute atomic E-state index is 11.5. The lowest BCUT2D eigenvalue weighted by Crippen LogP contribution is -2.48. The van der Waals surface area contributed by atoms with Gasteiger partial charge in [-0.05, 0) is 32.7 Å². The van der Waals surface area contributed by atoms with E-state index in [0.29, 0.717) is 19.2 Å². The first kappa shape index (κ1) is 13.3. The second kappa shape index (κ2) is 7.46. The van der Waals surface area contributed by atoms with Crippen LogP contribution in [0.4, 0.5) is 4.79 Å². The maximum atomic E-state index is 11.5. The summed E-state index contributed by atoms with van der Waals surface area (Å²) in [6.07, 6.45) is 2.64. The number of nitrogens with one attached hydrogen (secondary N) is 1. The van der Waals surface area contributed by atoms with Crippen LogP contribution in [-0.2, 0) is 4.74 Å². The quantitative estimate of drug-likeness (QED) is 0.678. The highest BCUT2D eigenvalue weighted by Crippen LogP contribution is 2.11. The third-order valence-electron chi connectivity index (χ3n) is 2.72. The first-order valence-corrected chi connectivity index (χ1v) is 6.04. The molecule has 0 aromatic heterocycles. The van der Waals surface area contributed by atoms with Gasteiger partial charge < -0.3 is 20.1 Å². The molecule has 1 rings (SSSR count). The third-order valence-corrected chi connectivity index (χ3v) is 2.72. The van der Waals surface area contributed by atoms with Gasteiger partial charge in [0.2, 0.25) is 0 Å². The molecule has 1 amide bonds. The number of carbonyl (C=O) groups is 1. The van der Waals surface area contributed by atoms with E-state index in [2.05, 4.69) is 5.32 Å². The van der Waals surface area contributed by atoms with E-state index in [9.17, 15) is 4.79 Å². The number of aliphatic hydroxyl groups excluding tert-OH is 1. The molecule has 1 aliphatic rings. The molecular formula is C11H22N2O3. The van der Waals surface area contributed by atoms with Crippen LogP contribution in [0.3, 0.4) is 0 Å². The van der Waals surface area contributed by atoms with Crippen LogP contribution < -0.4 is 5.32 Å². The molecule has 0 aliphatic carbocycles. The molecule has 0 radical (unpaired) electrons. The highest BCUT2D eigenvalue weighted by atomic mass is 16.6. The third kappa shape index (κ3) is 4.37. The molecule has 1 heterocycles. The Labute approximate surface area is 96.8 Å². The minimum Gasteiger partial charge on any atom is -0.450 e. The van der Waals surface area contributed by atoms with E-state index in [0.717, 1.165) is 32.4 Å². The molecule has 5 heteroatoms. The molecule has 0 aromatic rings. The van der Waals surface area contributed by atoms with Crippen molar-refractivity contribution in [3.8, 4) is 0 Å². The molecule has 1 unspecified atom stereocenters. The summed E-state index contributed by atoms with van der Waals surface area (Å²) in [5.74, 6) is 0. The number of aliphatic hydroxyl groups is 1. The zero-order valence-corrected chi connectivity index (χ0v) is 9.95. The highest BCUT2D eigenvalue weighted by Gasteiger charge is 2.23. The summed E-state index contributed by atoms with van der Waals surface area (Å²) in [5, 5.41) is 12.0. The Morgan fingerprint density at radius 3 is 3.12 bits per heavy atom. The summed E-state index contributed by atoms with van der Waals surface area (Å²) < 4.78 is 4.97. The van der Waals surface area contributed by atoms with Crippen LogP contribution in [0.2, 0.25) is 0 Å². The number of piperidine rings is 1. The number of rotatable bonds is 5. The molecule has 16 heavy (non-hydrogen) atoms. The lowest BCUT2D eigenvalue weighted by atomic mass is 10.1. The Balaban J connectivity index is 2.26. The molecule has 94 valence electrons. The smallest absolute Gasteiger partial charge is 0.409 e. The number of hydrogen-bond acceptors (Lipinski definition) is 4. The second-order valence-electron chi connectivity index (χ2n) is 4.02. The van der Waals surface area contributed by atoms with Gasteiger partial charge in [0.15, 0.2) is 0 Å². The summed E-state index contributed by atoms with van der Waals surface area (Å²) in [4.78, 5) is 13.3. The van der Waals surface area contributed by atoms with Crippen LogP contribution in [0.15, 0.2) is 0 Å². The molecule has 1 aliphatic heterocycles. The average Bonchev–Trinajstić information content (AvgIpc) is 2.30. The predicted octanol–water partition coefficient (Wildman–Crippen LogP) is 0.579. The monoisotopic (exact) mass is 230 g/mol. The van der Waals surface area contributed by atoms with Gasteiger partial charge in [-0.15, -0.1) is 0 Å². The van der Waals surface area contributed by atoms with Crippen molar-refractivity contribution in [1.82, 2.24) is 10.2 Å². The number of likely N-dealkylation sites (tertiary alicyclic amines) is 1. The first-order chi connectivity index (χ1) is 7.77. The molecule has 5 nitrogen and oxygen atoms in total. The van der Waals surface area contributed by atoms with E-state index in [-0.39, 0.29) is 12.7 Å². The van der Waals surface area contributed by atoms with E-state index in [1.165, 1.54) is 0 Å². The minimum absolute atomic E-state index is 0.210. The number of amides is 1. The molecule has 1 saturated heterocycles. The molecule has 1 fully saturated rings. The van der Waals surface area contributed by atoms with Crippen molar-refractivity contribution in [2.24, 2.45) is 0 Å². The van der Waals surface area contributed by atoms with Gasteiger partial charge in [-0.2, -0.15) is 0 Å². The van der Waals surface area contributed by atoms with Gasteiger partial charge in [0, 0.05) is 25.7 Å². The zero-order valence-electron chi connectivity index (χ0n) is 9.95. The summed E-state index contributed by atoms with van der Waals surface area (Å²) in [6, 6.07) is 0.338. The highest BCUT2D eigenvalue weighted by molar-refractivity contribution is 5.67. The van der Waals surface area contributed by atoms with Crippen LogP contribution in [0.25, 0.3) is 0 Å². The Kier molecular flexibility index (Phi) is 6.18. The SMILES string of the molecule is CCOC(=O)N1CCCC(NCCCO)C1. The standard InChI is InChI=1S/C11H22N2O3/c1-2-16-11(15)13-7-3-5-10(9-13)12-6-4-8-14/h10,12,14H,2-9H2,1H3. The molecule has 0 spiro atoms. The first-order valence-electron chi connectivity index (χ1n) is 6.04. The Morgan fingerprint density at radius 1 is 1.62 bits per heavy atom. The average molecular weight is 230 g/mol. The van der Waals surface area contributed by atoms with Crippen LogP contribution in [0.5, 0.6) is 0 Å². The van der Waals surface area contributed by atoms with E-state index < -0.39 is 0 Å². The lowest BCUT2D eigenvalue weighted by molar-refractivity contribution is 0.0927. The Hall–Kier alpha value is -0.810. The summed E-state index contributed by atoms with van der Waals surface area (Å²) in [5.41, 5.74) is 0. The largest absolute Gasteiger partial charge is 0.450 e. The van der Waals surface area contributed by atoms with E-state index >= 15 is 0 Å². The Morgan fingerprint density at radius 2 is 2.44 bits per heavy atom. The number of nitrogens with zero attached hydrogens (tertiary/aromatic N) is 1. The number of carbonyl (C=O) groups excluding carboxylic acids is 1. The van der Waals surface area contributed by atoms with Crippen molar-refractivity contribution in [2.45, 2.75) is 32.2 Å². The van der Waals surface area contributed by atoms with Crippen LogP contribution in [-0.4, -0.2) is 55.0 Å². The van der Waals surface area contributed by atoms with Crippen LogP contribution in [0, 0.1) is 0 Å². The lowest BCUT2D eigenvalue weighted by Gasteiger charge is -2.32. The molecule has 2 N–H and O–H groups in total. The van der Waals surface area contributed by atoms with Gasteiger partial charge in [-0.25, -0.2) is 4.79 Å². The van der Waals surface area contributed by atoms with Gasteiger partial charge in [-0.3, -0.25) is 0 Å². The van der Waals surface area contributed by atoms with Crippen molar-refractivity contribution in [2.75, 3.05) is 32.8 Å². The minimum atomic E-state index is -0.212. The normalized spacial score (nSPS) is 20.9. The fourth-order valence-corrected chi connectivity index (χ4v) is 1.91. The van der Waals surface area contributed by atoms with E-state index in [1.807, 2.05) is 6.92 Å². The topological polar surface area (TPSA) is 61.8 Å². The molecular weight excluding hydrogens is 208 g/mol. The molecule has 1 atom stereocenters. The molecule has 0 bridgehead atoms. The van der Waals surface area contributed by atoms with Gasteiger partial charge in [0.05, 0.1) is 6.61 Å². The summed E-state index contributed by atoms with van der Waals surface area (Å²) in [6.45, 7) is 4.76. The molecule has 0 aromatic carbocycles. The van der Waals surface area contributed by atoms with Crippen LogP contribution in [0.1, 0.15) is 26.2 Å². The van der Waals surface area contributed by atoms with Crippen molar-refractivity contribution >= 4 is 6.09 Å². The molecule has 0 saturated carbocycles. The van der Waals surface area contributed by atoms with Crippen molar-refractivity contribution < 1.29 is 14.6 Å². The van der Waals surface area contributed by atoms with Crippen molar-refractivity contribution in [3.05, 3.63) is 0 Å². The zero-order chi connectivity index (χ0) is 11.8. The van der Waals surface area contributed by atoms with Gasteiger partial charge >= 0.3 is 6.09 Å². The van der Waals surface area contributed by atoms with Gasteiger partial charge in [-0.1, -0.05) is 0 Å². The van der Waals surface area contributed by atoms with E-state index in [1.54, 1.807) is 4.90 Å². The maximum Gasteiger partial charge on any atom is 0.409 e.